The Kier molecular flexibility index (Phi) is 6.36. The van der Waals surface area contributed by atoms with Crippen molar-refractivity contribution in [1.29, 1.82) is 0 Å². The van der Waals surface area contributed by atoms with Gasteiger partial charge in [-0.3, -0.25) is 4.79 Å². The number of hydrogen-bond donors (Lipinski definition) is 3. The molecule has 1 aliphatic rings. The molecule has 0 aromatic heterocycles. The molecule has 3 N–H and O–H groups in total. The summed E-state index contributed by atoms with van der Waals surface area (Å²) in [6.07, 6.45) is 3.16. The van der Waals surface area contributed by atoms with Crippen LogP contribution in [0.5, 0.6) is 11.5 Å². The van der Waals surface area contributed by atoms with Crippen LogP contribution in [0.3, 0.4) is 0 Å². The number of benzene rings is 3. The maximum absolute atomic E-state index is 12.4. The van der Waals surface area contributed by atoms with E-state index in [4.69, 9.17) is 9.47 Å². The van der Waals surface area contributed by atoms with Gasteiger partial charge in [0, 0.05) is 23.1 Å². The summed E-state index contributed by atoms with van der Waals surface area (Å²) in [5, 5.41) is 8.38. The quantitative estimate of drug-likeness (QED) is 0.495. The first-order valence-electron chi connectivity index (χ1n) is 10.2. The van der Waals surface area contributed by atoms with Crippen molar-refractivity contribution in [2.45, 2.75) is 6.92 Å². The van der Waals surface area contributed by atoms with Gasteiger partial charge < -0.3 is 25.4 Å². The summed E-state index contributed by atoms with van der Waals surface area (Å²) in [5.74, 6) is 1.09. The lowest BCUT2D eigenvalue weighted by molar-refractivity contribution is -0.111. The van der Waals surface area contributed by atoms with Crippen LogP contribution in [0.2, 0.25) is 0 Å². The number of carbonyl (C=O) groups is 2. The van der Waals surface area contributed by atoms with E-state index in [2.05, 4.69) is 16.0 Å². The van der Waals surface area contributed by atoms with Gasteiger partial charge in [0.25, 0.3) is 0 Å². The van der Waals surface area contributed by atoms with Gasteiger partial charge in [-0.25, -0.2) is 4.79 Å². The molecule has 1 heterocycles. The number of carbonyl (C=O) groups excluding carboxylic acids is 2. The fourth-order valence-electron chi connectivity index (χ4n) is 3.16. The van der Waals surface area contributed by atoms with Crippen LogP contribution >= 0.6 is 0 Å². The SMILES string of the molecule is Cc1ccc(NC(=O)Nc2ccccc2)cc1NC(=O)C=Cc1ccc2c(c1)OCCO2. The minimum Gasteiger partial charge on any atom is -0.486 e. The van der Waals surface area contributed by atoms with Crippen LogP contribution in [0, 0.1) is 6.92 Å². The normalized spacial score (nSPS) is 12.3. The van der Waals surface area contributed by atoms with Crippen LogP contribution in [0.4, 0.5) is 21.9 Å². The highest BCUT2D eigenvalue weighted by Gasteiger charge is 2.11. The molecule has 0 saturated carbocycles. The monoisotopic (exact) mass is 429 g/mol. The van der Waals surface area contributed by atoms with Crippen molar-refractivity contribution in [3.63, 3.8) is 0 Å². The zero-order valence-electron chi connectivity index (χ0n) is 17.6. The Balaban J connectivity index is 1.38. The summed E-state index contributed by atoms with van der Waals surface area (Å²) in [6, 6.07) is 19.6. The number of ether oxygens (including phenoxy) is 2. The van der Waals surface area contributed by atoms with Crippen LogP contribution in [-0.2, 0) is 4.79 Å². The second-order valence-electron chi connectivity index (χ2n) is 7.20. The Labute approximate surface area is 186 Å². The standard InChI is InChI=1S/C25H23N3O4/c1-17-7-10-20(27-25(30)26-19-5-3-2-4-6-19)16-21(17)28-24(29)12-9-18-8-11-22-23(15-18)32-14-13-31-22/h2-12,15-16H,13-14H2,1H3,(H,28,29)(H2,26,27,30). The van der Waals surface area contributed by atoms with Gasteiger partial charge in [-0.05, 0) is 60.5 Å². The third-order valence-corrected chi connectivity index (χ3v) is 4.78. The van der Waals surface area contributed by atoms with Crippen LogP contribution in [0.25, 0.3) is 6.08 Å². The molecular formula is C25H23N3O4. The van der Waals surface area contributed by atoms with Crippen molar-refractivity contribution in [2.24, 2.45) is 0 Å². The van der Waals surface area contributed by atoms with E-state index >= 15 is 0 Å². The number of urea groups is 1. The van der Waals surface area contributed by atoms with E-state index in [1.807, 2.05) is 49.4 Å². The molecule has 162 valence electrons. The zero-order valence-corrected chi connectivity index (χ0v) is 17.6. The molecule has 0 radical (unpaired) electrons. The molecule has 1 aliphatic heterocycles. The molecule has 0 fully saturated rings. The molecule has 0 aliphatic carbocycles. The number of anilines is 3. The minimum absolute atomic E-state index is 0.283. The molecule has 0 saturated heterocycles. The predicted molar refractivity (Wildman–Crippen MR) is 125 cm³/mol. The Bertz CT molecular complexity index is 1160. The number of fused-ring (bicyclic) bond motifs is 1. The Morgan fingerprint density at radius 3 is 2.38 bits per heavy atom. The molecule has 3 aromatic carbocycles. The van der Waals surface area contributed by atoms with E-state index < -0.39 is 0 Å². The summed E-state index contributed by atoms with van der Waals surface area (Å²) in [6.45, 7) is 2.92. The second kappa shape index (κ2) is 9.70. The van der Waals surface area contributed by atoms with Crippen molar-refractivity contribution in [1.82, 2.24) is 0 Å². The van der Waals surface area contributed by atoms with Gasteiger partial charge in [0.2, 0.25) is 5.91 Å². The maximum Gasteiger partial charge on any atom is 0.323 e. The van der Waals surface area contributed by atoms with E-state index in [-0.39, 0.29) is 11.9 Å². The van der Waals surface area contributed by atoms with Gasteiger partial charge >= 0.3 is 6.03 Å². The molecule has 7 heteroatoms. The number of rotatable bonds is 5. The van der Waals surface area contributed by atoms with Crippen molar-refractivity contribution in [2.75, 3.05) is 29.2 Å². The third-order valence-electron chi connectivity index (χ3n) is 4.78. The number of para-hydroxylation sites is 1. The van der Waals surface area contributed by atoms with Crippen LogP contribution in [-0.4, -0.2) is 25.2 Å². The molecule has 7 nitrogen and oxygen atoms in total. The largest absolute Gasteiger partial charge is 0.486 e. The topological polar surface area (TPSA) is 88.7 Å². The average molecular weight is 429 g/mol. The molecule has 0 spiro atoms. The van der Waals surface area contributed by atoms with Crippen LogP contribution in [0.1, 0.15) is 11.1 Å². The molecule has 0 unspecified atom stereocenters. The van der Waals surface area contributed by atoms with Crippen molar-refractivity contribution < 1.29 is 19.1 Å². The fraction of sp³-hybridized carbons (Fsp3) is 0.120. The first-order valence-corrected chi connectivity index (χ1v) is 10.2. The Morgan fingerprint density at radius 2 is 1.56 bits per heavy atom. The summed E-state index contributed by atoms with van der Waals surface area (Å²) >= 11 is 0. The molecule has 3 amide bonds. The summed E-state index contributed by atoms with van der Waals surface area (Å²) in [4.78, 5) is 24.7. The van der Waals surface area contributed by atoms with Crippen LogP contribution in [0.15, 0.2) is 72.8 Å². The van der Waals surface area contributed by atoms with Crippen molar-refractivity contribution >= 4 is 35.1 Å². The second-order valence-corrected chi connectivity index (χ2v) is 7.20. The number of hydrogen-bond acceptors (Lipinski definition) is 4. The van der Waals surface area contributed by atoms with Gasteiger partial charge in [0.15, 0.2) is 11.5 Å². The highest BCUT2D eigenvalue weighted by Crippen LogP contribution is 2.31. The summed E-state index contributed by atoms with van der Waals surface area (Å²) in [5.41, 5.74) is 3.57. The molecule has 0 bridgehead atoms. The predicted octanol–water partition coefficient (Wildman–Crippen LogP) is 5.06. The summed E-state index contributed by atoms with van der Waals surface area (Å²) < 4.78 is 11.1. The van der Waals surface area contributed by atoms with Gasteiger partial charge in [-0.15, -0.1) is 0 Å². The molecular weight excluding hydrogens is 406 g/mol. The minimum atomic E-state index is -0.365. The van der Waals surface area contributed by atoms with E-state index in [1.54, 1.807) is 30.3 Å². The highest BCUT2D eigenvalue weighted by atomic mass is 16.6. The van der Waals surface area contributed by atoms with Gasteiger partial charge in [-0.2, -0.15) is 0 Å². The van der Waals surface area contributed by atoms with Crippen molar-refractivity contribution in [3.05, 3.63) is 83.9 Å². The van der Waals surface area contributed by atoms with E-state index in [0.717, 1.165) is 11.1 Å². The number of nitrogens with one attached hydrogen (secondary N) is 3. The molecule has 0 atom stereocenters. The lowest BCUT2D eigenvalue weighted by Gasteiger charge is -2.18. The highest BCUT2D eigenvalue weighted by molar-refractivity contribution is 6.04. The van der Waals surface area contributed by atoms with Gasteiger partial charge in [0.1, 0.15) is 13.2 Å². The fourth-order valence-corrected chi connectivity index (χ4v) is 3.16. The zero-order chi connectivity index (χ0) is 22.3. The van der Waals surface area contributed by atoms with Gasteiger partial charge in [-0.1, -0.05) is 30.3 Å². The Morgan fingerprint density at radius 1 is 0.812 bits per heavy atom. The molecule has 32 heavy (non-hydrogen) atoms. The number of amides is 3. The molecule has 4 rings (SSSR count). The first kappa shape index (κ1) is 21.0. The summed E-state index contributed by atoms with van der Waals surface area (Å²) in [7, 11) is 0. The van der Waals surface area contributed by atoms with Gasteiger partial charge in [0.05, 0.1) is 0 Å². The third kappa shape index (κ3) is 5.46. The van der Waals surface area contributed by atoms with E-state index in [9.17, 15) is 9.59 Å². The lowest BCUT2D eigenvalue weighted by Crippen LogP contribution is -2.19. The van der Waals surface area contributed by atoms with Crippen LogP contribution < -0.4 is 25.4 Å². The number of aryl methyl sites for hydroxylation is 1. The van der Waals surface area contributed by atoms with Crippen molar-refractivity contribution in [3.8, 4) is 11.5 Å². The average Bonchev–Trinajstić information content (AvgIpc) is 2.80. The molecule has 3 aromatic rings. The maximum atomic E-state index is 12.4. The first-order chi connectivity index (χ1) is 15.6. The lowest BCUT2D eigenvalue weighted by atomic mass is 10.1. The van der Waals surface area contributed by atoms with E-state index in [1.165, 1.54) is 6.08 Å². The van der Waals surface area contributed by atoms with E-state index in [0.29, 0.717) is 41.8 Å². The Hall–Kier alpha value is -4.26. The smallest absolute Gasteiger partial charge is 0.323 e.